The molecule has 0 radical (unpaired) electrons. The highest BCUT2D eigenvalue weighted by molar-refractivity contribution is 5.35. The van der Waals surface area contributed by atoms with Crippen LogP contribution in [-0.2, 0) is 0 Å². The molecule has 1 saturated heterocycles. The number of rotatable bonds is 4. The van der Waals surface area contributed by atoms with Gasteiger partial charge in [0, 0.05) is 17.9 Å². The molecule has 0 bridgehead atoms. The Morgan fingerprint density at radius 1 is 1.18 bits per heavy atom. The van der Waals surface area contributed by atoms with Crippen molar-refractivity contribution in [2.45, 2.75) is 25.9 Å². The Bertz CT molecular complexity index is 627. The van der Waals surface area contributed by atoms with Gasteiger partial charge in [-0.25, -0.2) is 9.97 Å². The Labute approximate surface area is 130 Å². The van der Waals surface area contributed by atoms with E-state index < -0.39 is 5.60 Å². The van der Waals surface area contributed by atoms with Crippen LogP contribution in [0.3, 0.4) is 0 Å². The molecule has 1 aromatic heterocycles. The van der Waals surface area contributed by atoms with Gasteiger partial charge < -0.3 is 14.7 Å². The lowest BCUT2D eigenvalue weighted by Crippen LogP contribution is -2.39. The Kier molecular flexibility index (Phi) is 3.98. The molecule has 0 spiro atoms. The van der Waals surface area contributed by atoms with E-state index in [2.05, 4.69) is 9.97 Å². The summed E-state index contributed by atoms with van der Waals surface area (Å²) in [5.74, 6) is 1.46. The number of aryl methyl sites for hydroxylation is 2. The first-order chi connectivity index (χ1) is 10.5. The molecule has 0 saturated carbocycles. The number of β-amino-alcohol motifs (C(OH)–C–C–N with tert-alkyl or cyclic N) is 1. The van der Waals surface area contributed by atoms with Crippen LogP contribution in [0.15, 0.2) is 36.4 Å². The van der Waals surface area contributed by atoms with Crippen molar-refractivity contribution in [3.63, 3.8) is 0 Å². The van der Waals surface area contributed by atoms with Gasteiger partial charge in [-0.3, -0.25) is 0 Å². The van der Waals surface area contributed by atoms with Gasteiger partial charge in [0.05, 0.1) is 6.54 Å². The third-order valence-corrected chi connectivity index (χ3v) is 3.84. The van der Waals surface area contributed by atoms with E-state index in [1.807, 2.05) is 55.1 Å². The molecule has 3 rings (SSSR count). The summed E-state index contributed by atoms with van der Waals surface area (Å²) >= 11 is 0. The fraction of sp³-hybridized carbons (Fsp3) is 0.412. The SMILES string of the molecule is Cc1cc(C)nc(N2CC[C@](O)(COc3ccccc3)C2)n1. The number of nitrogens with zero attached hydrogens (tertiary/aromatic N) is 3. The topological polar surface area (TPSA) is 58.5 Å². The van der Waals surface area contributed by atoms with E-state index in [4.69, 9.17) is 4.74 Å². The number of aromatic nitrogens is 2. The summed E-state index contributed by atoms with van der Waals surface area (Å²) in [6.45, 7) is 5.41. The number of ether oxygens (including phenoxy) is 1. The minimum absolute atomic E-state index is 0.276. The normalized spacial score (nSPS) is 21.1. The summed E-state index contributed by atoms with van der Waals surface area (Å²) in [5.41, 5.74) is 1.02. The van der Waals surface area contributed by atoms with Crippen LogP contribution in [0.25, 0.3) is 0 Å². The average Bonchev–Trinajstić information content (AvgIpc) is 2.89. The van der Waals surface area contributed by atoms with E-state index >= 15 is 0 Å². The summed E-state index contributed by atoms with van der Waals surface area (Å²) in [7, 11) is 0. The highest BCUT2D eigenvalue weighted by Crippen LogP contribution is 2.26. The van der Waals surface area contributed by atoms with Crippen molar-refractivity contribution < 1.29 is 9.84 Å². The predicted octanol–water partition coefficient (Wildman–Crippen LogP) is 2.11. The quantitative estimate of drug-likeness (QED) is 0.937. The van der Waals surface area contributed by atoms with Crippen molar-refractivity contribution in [1.82, 2.24) is 9.97 Å². The smallest absolute Gasteiger partial charge is 0.225 e. The van der Waals surface area contributed by atoms with Gasteiger partial charge in [-0.15, -0.1) is 0 Å². The Balaban J connectivity index is 1.65. The fourth-order valence-corrected chi connectivity index (χ4v) is 2.73. The van der Waals surface area contributed by atoms with Gasteiger partial charge in [-0.2, -0.15) is 0 Å². The summed E-state index contributed by atoms with van der Waals surface area (Å²) in [4.78, 5) is 10.9. The van der Waals surface area contributed by atoms with Gasteiger partial charge >= 0.3 is 0 Å². The molecule has 0 amide bonds. The Morgan fingerprint density at radius 3 is 2.55 bits per heavy atom. The minimum atomic E-state index is -0.864. The van der Waals surface area contributed by atoms with Crippen molar-refractivity contribution >= 4 is 5.95 Å². The molecule has 2 heterocycles. The molecular formula is C17H21N3O2. The zero-order chi connectivity index (χ0) is 15.6. The molecule has 0 aliphatic carbocycles. The summed E-state index contributed by atoms with van der Waals surface area (Å²) < 4.78 is 5.71. The highest BCUT2D eigenvalue weighted by atomic mass is 16.5. The van der Waals surface area contributed by atoms with Crippen molar-refractivity contribution in [1.29, 1.82) is 0 Å². The third-order valence-electron chi connectivity index (χ3n) is 3.84. The van der Waals surface area contributed by atoms with Crippen LogP contribution in [0.1, 0.15) is 17.8 Å². The number of hydrogen-bond donors (Lipinski definition) is 1. The van der Waals surface area contributed by atoms with E-state index in [9.17, 15) is 5.11 Å². The lowest BCUT2D eigenvalue weighted by Gasteiger charge is -2.23. The second-order valence-electron chi connectivity index (χ2n) is 5.95. The molecule has 1 fully saturated rings. The van der Waals surface area contributed by atoms with Crippen molar-refractivity contribution in [3.8, 4) is 5.75 Å². The first-order valence-electron chi connectivity index (χ1n) is 7.52. The molecule has 0 unspecified atom stereocenters. The molecule has 1 aliphatic rings. The molecule has 5 heteroatoms. The van der Waals surface area contributed by atoms with E-state index in [0.29, 0.717) is 18.9 Å². The average molecular weight is 299 g/mol. The van der Waals surface area contributed by atoms with Gasteiger partial charge in [0.15, 0.2) is 0 Å². The van der Waals surface area contributed by atoms with Gasteiger partial charge in [0.2, 0.25) is 5.95 Å². The largest absolute Gasteiger partial charge is 0.491 e. The van der Waals surface area contributed by atoms with Crippen LogP contribution in [0, 0.1) is 13.8 Å². The fourth-order valence-electron chi connectivity index (χ4n) is 2.73. The summed E-state index contributed by atoms with van der Waals surface area (Å²) in [5, 5.41) is 10.7. The Hall–Kier alpha value is -2.14. The predicted molar refractivity (Wildman–Crippen MR) is 85.2 cm³/mol. The van der Waals surface area contributed by atoms with E-state index in [1.54, 1.807) is 0 Å². The zero-order valence-electron chi connectivity index (χ0n) is 13.0. The van der Waals surface area contributed by atoms with Gasteiger partial charge in [-0.05, 0) is 38.5 Å². The molecule has 22 heavy (non-hydrogen) atoms. The number of hydrogen-bond acceptors (Lipinski definition) is 5. The Morgan fingerprint density at radius 2 is 1.86 bits per heavy atom. The highest BCUT2D eigenvalue weighted by Gasteiger charge is 2.38. The summed E-state index contributed by atoms with van der Waals surface area (Å²) in [6, 6.07) is 11.5. The standard InChI is InChI=1S/C17H21N3O2/c1-13-10-14(2)19-16(18-13)20-9-8-17(21,11-20)12-22-15-6-4-3-5-7-15/h3-7,10,21H,8-9,11-12H2,1-2H3/t17-/m1/s1. The number of aliphatic hydroxyl groups is 1. The van der Waals surface area contributed by atoms with E-state index in [-0.39, 0.29) is 6.61 Å². The molecule has 1 aliphatic heterocycles. The lowest BCUT2D eigenvalue weighted by molar-refractivity contribution is 0.0144. The van der Waals surface area contributed by atoms with Crippen LogP contribution in [-0.4, -0.2) is 40.4 Å². The molecule has 5 nitrogen and oxygen atoms in total. The zero-order valence-corrected chi connectivity index (χ0v) is 13.0. The van der Waals surface area contributed by atoms with Crippen LogP contribution < -0.4 is 9.64 Å². The number of anilines is 1. The van der Waals surface area contributed by atoms with Gasteiger partial charge in [0.1, 0.15) is 18.0 Å². The maximum Gasteiger partial charge on any atom is 0.225 e. The number of para-hydroxylation sites is 1. The van der Waals surface area contributed by atoms with Crippen LogP contribution in [0.4, 0.5) is 5.95 Å². The second-order valence-corrected chi connectivity index (χ2v) is 5.95. The van der Waals surface area contributed by atoms with E-state index in [0.717, 1.165) is 23.7 Å². The summed E-state index contributed by atoms with van der Waals surface area (Å²) in [6.07, 6.45) is 0.649. The minimum Gasteiger partial charge on any atom is -0.491 e. The second kappa shape index (κ2) is 5.93. The molecule has 1 N–H and O–H groups in total. The first-order valence-corrected chi connectivity index (χ1v) is 7.52. The molecule has 1 atom stereocenters. The maximum absolute atomic E-state index is 10.7. The molecular weight excluding hydrogens is 278 g/mol. The van der Waals surface area contributed by atoms with Crippen LogP contribution in [0.2, 0.25) is 0 Å². The van der Waals surface area contributed by atoms with E-state index in [1.165, 1.54) is 0 Å². The van der Waals surface area contributed by atoms with Crippen molar-refractivity contribution in [2.75, 3.05) is 24.6 Å². The van der Waals surface area contributed by atoms with Crippen LogP contribution >= 0.6 is 0 Å². The monoisotopic (exact) mass is 299 g/mol. The molecule has 1 aromatic carbocycles. The maximum atomic E-state index is 10.7. The third kappa shape index (κ3) is 3.36. The molecule has 2 aromatic rings. The van der Waals surface area contributed by atoms with Crippen molar-refractivity contribution in [3.05, 3.63) is 47.8 Å². The van der Waals surface area contributed by atoms with Gasteiger partial charge in [-0.1, -0.05) is 18.2 Å². The first kappa shape index (κ1) is 14.8. The van der Waals surface area contributed by atoms with Crippen molar-refractivity contribution in [2.24, 2.45) is 0 Å². The number of benzene rings is 1. The van der Waals surface area contributed by atoms with Crippen LogP contribution in [0.5, 0.6) is 5.75 Å². The van der Waals surface area contributed by atoms with Gasteiger partial charge in [0.25, 0.3) is 0 Å². The molecule has 116 valence electrons. The lowest BCUT2D eigenvalue weighted by atomic mass is 10.1.